The summed E-state index contributed by atoms with van der Waals surface area (Å²) in [5, 5.41) is 12.9. The zero-order valence-corrected chi connectivity index (χ0v) is 19.6. The second kappa shape index (κ2) is 9.50. The molecule has 1 saturated carbocycles. The van der Waals surface area contributed by atoms with Crippen LogP contribution in [-0.4, -0.2) is 22.2 Å². The molecule has 2 fully saturated rings. The maximum Gasteiger partial charge on any atom is 0.314 e. The summed E-state index contributed by atoms with van der Waals surface area (Å²) in [7, 11) is 0. The number of carbonyl (C=O) groups excluding carboxylic acids is 1. The Hall–Kier alpha value is -3.71. The molecule has 1 aliphatic heterocycles. The van der Waals surface area contributed by atoms with Gasteiger partial charge < -0.3 is 10.4 Å². The van der Waals surface area contributed by atoms with Crippen molar-refractivity contribution in [3.05, 3.63) is 94.6 Å². The normalized spacial score (nSPS) is 19.3. The number of hydrogen-bond donors (Lipinski definition) is 2. The Labute approximate surface area is 206 Å². The van der Waals surface area contributed by atoms with E-state index in [1.54, 1.807) is 30.3 Å². The third kappa shape index (κ3) is 4.64. The van der Waals surface area contributed by atoms with Gasteiger partial charge in [-0.25, -0.2) is 9.38 Å². The topological polar surface area (TPSA) is 78.8 Å². The molecule has 2 N–H and O–H groups in total. The summed E-state index contributed by atoms with van der Waals surface area (Å²) in [6.07, 6.45) is 4.74. The van der Waals surface area contributed by atoms with Crippen molar-refractivity contribution in [2.24, 2.45) is 4.99 Å². The zero-order chi connectivity index (χ0) is 24.4. The van der Waals surface area contributed by atoms with E-state index in [9.17, 15) is 19.1 Å². The molecule has 0 unspecified atom stereocenters. The Kier molecular flexibility index (Phi) is 6.26. The standard InChI is InChI=1S/C28H23FN2O3S/c29-23-16-18(8-13-22(23)19-6-2-1-3-7-19)17-24-25(32)31-27(35-24)30-21-11-9-20(10-12-21)28(26(33)34)14-4-5-15-28/h1-3,6-13,16-17H,4-5,14-15H2,(H,33,34)(H,30,31,32). The zero-order valence-electron chi connectivity index (χ0n) is 18.8. The highest BCUT2D eigenvalue weighted by Crippen LogP contribution is 2.42. The van der Waals surface area contributed by atoms with Crippen LogP contribution in [0, 0.1) is 5.82 Å². The molecule has 0 spiro atoms. The van der Waals surface area contributed by atoms with Gasteiger partial charge in [-0.3, -0.25) is 9.59 Å². The molecule has 0 radical (unpaired) electrons. The lowest BCUT2D eigenvalue weighted by atomic mass is 9.79. The van der Waals surface area contributed by atoms with Gasteiger partial charge in [0.05, 0.1) is 16.0 Å². The number of thioether (sulfide) groups is 1. The van der Waals surface area contributed by atoms with Crippen LogP contribution in [0.5, 0.6) is 0 Å². The van der Waals surface area contributed by atoms with E-state index in [0.717, 1.165) is 24.0 Å². The highest BCUT2D eigenvalue weighted by molar-refractivity contribution is 8.18. The predicted molar refractivity (Wildman–Crippen MR) is 137 cm³/mol. The summed E-state index contributed by atoms with van der Waals surface area (Å²) < 4.78 is 14.7. The Balaban J connectivity index is 1.33. The van der Waals surface area contributed by atoms with Crippen LogP contribution in [0.3, 0.4) is 0 Å². The molecular weight excluding hydrogens is 463 g/mol. The van der Waals surface area contributed by atoms with Gasteiger partial charge >= 0.3 is 5.97 Å². The van der Waals surface area contributed by atoms with Crippen LogP contribution in [0.4, 0.5) is 10.1 Å². The minimum atomic E-state index is -0.816. The van der Waals surface area contributed by atoms with Gasteiger partial charge in [-0.05, 0) is 65.6 Å². The van der Waals surface area contributed by atoms with E-state index < -0.39 is 11.4 Å². The van der Waals surface area contributed by atoms with Gasteiger partial charge in [0.1, 0.15) is 5.82 Å². The lowest BCUT2D eigenvalue weighted by molar-refractivity contribution is -0.143. The molecule has 176 valence electrons. The van der Waals surface area contributed by atoms with Crippen LogP contribution in [0.25, 0.3) is 17.2 Å². The summed E-state index contributed by atoms with van der Waals surface area (Å²) in [6.45, 7) is 0. The fourth-order valence-electron chi connectivity index (χ4n) is 4.68. The van der Waals surface area contributed by atoms with Gasteiger partial charge in [-0.2, -0.15) is 0 Å². The van der Waals surface area contributed by atoms with Crippen LogP contribution < -0.4 is 5.32 Å². The predicted octanol–water partition coefficient (Wildman–Crippen LogP) is 6.28. The van der Waals surface area contributed by atoms with E-state index in [-0.39, 0.29) is 11.7 Å². The van der Waals surface area contributed by atoms with E-state index in [4.69, 9.17) is 0 Å². The third-order valence-corrected chi connectivity index (χ3v) is 7.45. The minimum Gasteiger partial charge on any atom is -0.481 e. The van der Waals surface area contributed by atoms with Crippen molar-refractivity contribution in [3.8, 4) is 11.1 Å². The smallest absolute Gasteiger partial charge is 0.314 e. The molecule has 0 aromatic heterocycles. The van der Waals surface area contributed by atoms with Gasteiger partial charge in [0, 0.05) is 5.56 Å². The molecular formula is C28H23FN2O3S. The number of carboxylic acid groups (broad SMARTS) is 1. The molecule has 3 aromatic carbocycles. The second-order valence-electron chi connectivity index (χ2n) is 8.73. The highest BCUT2D eigenvalue weighted by atomic mass is 32.2. The Morgan fingerprint density at radius 2 is 1.74 bits per heavy atom. The first-order valence-corrected chi connectivity index (χ1v) is 12.2. The molecule has 5 rings (SSSR count). The number of carboxylic acids is 1. The molecule has 3 aromatic rings. The first-order valence-electron chi connectivity index (χ1n) is 11.4. The maximum atomic E-state index is 14.7. The molecule has 2 aliphatic rings. The van der Waals surface area contributed by atoms with Crippen molar-refractivity contribution in [3.63, 3.8) is 0 Å². The van der Waals surface area contributed by atoms with Crippen LogP contribution in [0.15, 0.2) is 82.7 Å². The number of amides is 1. The number of aliphatic imine (C=N–C) groups is 1. The number of hydrogen-bond acceptors (Lipinski definition) is 4. The number of nitrogens with one attached hydrogen (secondary N) is 1. The SMILES string of the molecule is O=C1NC(=Nc2ccc(C3(C(=O)O)CCCC3)cc2)SC1=Cc1ccc(-c2ccccc2)c(F)c1. The van der Waals surface area contributed by atoms with Crippen LogP contribution >= 0.6 is 11.8 Å². The number of rotatable bonds is 5. The summed E-state index contributed by atoms with van der Waals surface area (Å²) in [5.74, 6) is -1.44. The molecule has 0 bridgehead atoms. The largest absolute Gasteiger partial charge is 0.481 e. The van der Waals surface area contributed by atoms with Gasteiger partial charge in [-0.1, -0.05) is 67.4 Å². The number of nitrogens with zero attached hydrogens (tertiary/aromatic N) is 1. The number of amidine groups is 1. The fraction of sp³-hybridized carbons (Fsp3) is 0.179. The summed E-state index contributed by atoms with van der Waals surface area (Å²) >= 11 is 1.18. The quantitative estimate of drug-likeness (QED) is 0.416. The number of benzene rings is 3. The molecule has 5 nitrogen and oxygen atoms in total. The monoisotopic (exact) mass is 486 g/mol. The molecule has 35 heavy (non-hydrogen) atoms. The molecule has 0 atom stereocenters. The number of halogens is 1. The van der Waals surface area contributed by atoms with Gasteiger partial charge in [-0.15, -0.1) is 0 Å². The average Bonchev–Trinajstić information content (AvgIpc) is 3.48. The van der Waals surface area contributed by atoms with Crippen LogP contribution in [0.2, 0.25) is 0 Å². The molecule has 1 heterocycles. The summed E-state index contributed by atoms with van der Waals surface area (Å²) in [4.78, 5) is 29.3. The lowest BCUT2D eigenvalue weighted by Gasteiger charge is -2.24. The lowest BCUT2D eigenvalue weighted by Crippen LogP contribution is -2.32. The van der Waals surface area contributed by atoms with Crippen LogP contribution in [0.1, 0.15) is 36.8 Å². The minimum absolute atomic E-state index is 0.298. The Bertz CT molecular complexity index is 1340. The second-order valence-corrected chi connectivity index (χ2v) is 9.76. The first-order chi connectivity index (χ1) is 16.9. The Morgan fingerprint density at radius 1 is 1.03 bits per heavy atom. The first kappa shape index (κ1) is 23.1. The van der Waals surface area contributed by atoms with E-state index in [1.807, 2.05) is 42.5 Å². The average molecular weight is 487 g/mol. The van der Waals surface area contributed by atoms with Gasteiger partial charge in [0.2, 0.25) is 0 Å². The molecule has 1 amide bonds. The fourth-order valence-corrected chi connectivity index (χ4v) is 5.52. The molecule has 1 saturated heterocycles. The van der Waals surface area contributed by atoms with Crippen molar-refractivity contribution in [1.82, 2.24) is 5.32 Å². The van der Waals surface area contributed by atoms with Crippen molar-refractivity contribution in [2.45, 2.75) is 31.1 Å². The van der Waals surface area contributed by atoms with E-state index in [2.05, 4.69) is 10.3 Å². The van der Waals surface area contributed by atoms with E-state index in [0.29, 0.717) is 39.7 Å². The summed E-state index contributed by atoms with van der Waals surface area (Å²) in [6, 6.07) is 21.4. The summed E-state index contributed by atoms with van der Waals surface area (Å²) in [5.41, 5.74) is 2.47. The van der Waals surface area contributed by atoms with E-state index >= 15 is 0 Å². The number of aliphatic carboxylic acids is 1. The van der Waals surface area contributed by atoms with Gasteiger partial charge in [0.15, 0.2) is 5.17 Å². The van der Waals surface area contributed by atoms with E-state index in [1.165, 1.54) is 17.8 Å². The van der Waals surface area contributed by atoms with Gasteiger partial charge in [0.25, 0.3) is 5.91 Å². The number of carbonyl (C=O) groups is 2. The molecule has 1 aliphatic carbocycles. The van der Waals surface area contributed by atoms with Crippen molar-refractivity contribution >= 4 is 40.6 Å². The Morgan fingerprint density at radius 3 is 2.40 bits per heavy atom. The van der Waals surface area contributed by atoms with Crippen molar-refractivity contribution < 1.29 is 19.1 Å². The van der Waals surface area contributed by atoms with Crippen LogP contribution in [-0.2, 0) is 15.0 Å². The highest BCUT2D eigenvalue weighted by Gasteiger charge is 2.42. The molecule has 7 heteroatoms. The van der Waals surface area contributed by atoms with Crippen molar-refractivity contribution in [2.75, 3.05) is 0 Å². The van der Waals surface area contributed by atoms with Crippen molar-refractivity contribution in [1.29, 1.82) is 0 Å². The third-order valence-electron chi connectivity index (χ3n) is 6.54. The maximum absolute atomic E-state index is 14.7.